The van der Waals surface area contributed by atoms with Crippen molar-refractivity contribution >= 4 is 21.6 Å². The Morgan fingerprint density at radius 1 is 0.767 bits per heavy atom. The number of nitrogens with zero attached hydrogens (tertiary/aromatic N) is 2. The summed E-state index contributed by atoms with van der Waals surface area (Å²) >= 11 is 3.43. The van der Waals surface area contributed by atoms with E-state index in [4.69, 9.17) is 5.73 Å². The molecule has 4 nitrogen and oxygen atoms in total. The molecule has 0 aliphatic carbocycles. The van der Waals surface area contributed by atoms with E-state index in [1.54, 1.807) is 0 Å². The molecule has 0 unspecified atom stereocenters. The van der Waals surface area contributed by atoms with E-state index in [2.05, 4.69) is 110 Å². The van der Waals surface area contributed by atoms with Crippen molar-refractivity contribution < 1.29 is 0 Å². The molecule has 0 saturated heterocycles. The molecule has 0 bridgehead atoms. The van der Waals surface area contributed by atoms with Crippen molar-refractivity contribution in [3.05, 3.63) is 62.6 Å². The molecule has 0 aromatic heterocycles. The van der Waals surface area contributed by atoms with Gasteiger partial charge in [0.1, 0.15) is 0 Å². The number of halogens is 1. The molecule has 2 rings (SSSR count). The SMILES string of the molecule is CN(C)CCN.Cc1cc(C)c(NCCN(C)C)c(C)c1.Cc1ccc(Br)c(C)c1. The first kappa shape index (κ1) is 28.6. The number of anilines is 1. The van der Waals surface area contributed by atoms with Crippen LogP contribution in [-0.2, 0) is 0 Å². The van der Waals surface area contributed by atoms with Crippen LogP contribution in [0.2, 0.25) is 0 Å². The second kappa shape index (κ2) is 15.4. The lowest BCUT2D eigenvalue weighted by atomic mass is 10.1. The third-order valence-corrected chi connectivity index (χ3v) is 5.32. The first-order chi connectivity index (χ1) is 14.0. The van der Waals surface area contributed by atoms with Gasteiger partial charge in [0.25, 0.3) is 0 Å². The molecule has 170 valence electrons. The Kier molecular flexibility index (Phi) is 14.7. The number of likely N-dealkylation sites (N-methyl/N-ethyl adjacent to an activating group) is 2. The number of nitrogens with one attached hydrogen (secondary N) is 1. The van der Waals surface area contributed by atoms with Crippen LogP contribution < -0.4 is 11.1 Å². The molecule has 0 aliphatic heterocycles. The fourth-order valence-corrected chi connectivity index (χ4v) is 3.16. The maximum atomic E-state index is 5.19. The van der Waals surface area contributed by atoms with Crippen LogP contribution in [0, 0.1) is 34.6 Å². The van der Waals surface area contributed by atoms with Gasteiger partial charge in [0.2, 0.25) is 0 Å². The predicted octanol–water partition coefficient (Wildman–Crippen LogP) is 5.16. The molecule has 0 fully saturated rings. The minimum atomic E-state index is 0.757. The first-order valence-corrected chi connectivity index (χ1v) is 11.3. The quantitative estimate of drug-likeness (QED) is 0.601. The Morgan fingerprint density at radius 3 is 1.63 bits per heavy atom. The Balaban J connectivity index is 0.000000475. The monoisotopic (exact) mass is 478 g/mol. The van der Waals surface area contributed by atoms with E-state index < -0.39 is 0 Å². The summed E-state index contributed by atoms with van der Waals surface area (Å²) in [4.78, 5) is 4.24. The lowest BCUT2D eigenvalue weighted by Gasteiger charge is -2.15. The molecular formula is C25H43BrN4. The summed E-state index contributed by atoms with van der Waals surface area (Å²) in [6.45, 7) is 14.5. The average Bonchev–Trinajstić information content (AvgIpc) is 2.61. The molecule has 0 amide bonds. The normalized spacial score (nSPS) is 10.3. The van der Waals surface area contributed by atoms with E-state index in [-0.39, 0.29) is 0 Å². The van der Waals surface area contributed by atoms with Crippen LogP contribution in [0.15, 0.2) is 34.8 Å². The number of rotatable bonds is 6. The van der Waals surface area contributed by atoms with E-state index in [9.17, 15) is 0 Å². The summed E-state index contributed by atoms with van der Waals surface area (Å²) in [6, 6.07) is 10.8. The molecular weight excluding hydrogens is 436 g/mol. The summed E-state index contributed by atoms with van der Waals surface area (Å²) in [5.41, 5.74) is 13.1. The molecule has 2 aromatic carbocycles. The Hall–Kier alpha value is -1.40. The van der Waals surface area contributed by atoms with Gasteiger partial charge < -0.3 is 20.9 Å². The molecule has 0 spiro atoms. The zero-order valence-electron chi connectivity index (χ0n) is 20.6. The van der Waals surface area contributed by atoms with Crippen molar-refractivity contribution in [3.63, 3.8) is 0 Å². The molecule has 0 aliphatic rings. The molecule has 5 heteroatoms. The van der Waals surface area contributed by atoms with Crippen molar-refractivity contribution in [2.45, 2.75) is 34.6 Å². The van der Waals surface area contributed by atoms with Gasteiger partial charge in [-0.05, 0) is 85.6 Å². The minimum absolute atomic E-state index is 0.757. The topological polar surface area (TPSA) is 44.5 Å². The van der Waals surface area contributed by atoms with Crippen LogP contribution >= 0.6 is 15.9 Å². The smallest absolute Gasteiger partial charge is 0.0400 e. The highest BCUT2D eigenvalue weighted by Gasteiger charge is 2.02. The molecule has 0 atom stereocenters. The number of benzene rings is 2. The van der Waals surface area contributed by atoms with Crippen LogP contribution in [-0.4, -0.2) is 64.2 Å². The van der Waals surface area contributed by atoms with Gasteiger partial charge in [0.05, 0.1) is 0 Å². The van der Waals surface area contributed by atoms with Gasteiger partial charge in [-0.15, -0.1) is 0 Å². The Morgan fingerprint density at radius 2 is 1.27 bits per heavy atom. The lowest BCUT2D eigenvalue weighted by molar-refractivity contribution is 0.420. The fraction of sp³-hybridized carbons (Fsp3) is 0.520. The molecule has 0 heterocycles. The van der Waals surface area contributed by atoms with E-state index in [1.807, 2.05) is 14.1 Å². The first-order valence-electron chi connectivity index (χ1n) is 10.5. The van der Waals surface area contributed by atoms with Gasteiger partial charge in [-0.2, -0.15) is 0 Å². The van der Waals surface area contributed by atoms with E-state index >= 15 is 0 Å². The summed E-state index contributed by atoms with van der Waals surface area (Å²) < 4.78 is 1.19. The van der Waals surface area contributed by atoms with Crippen LogP contribution in [0.4, 0.5) is 5.69 Å². The highest BCUT2D eigenvalue weighted by molar-refractivity contribution is 9.10. The number of hydrogen-bond acceptors (Lipinski definition) is 4. The summed E-state index contributed by atoms with van der Waals surface area (Å²) in [7, 11) is 8.20. The van der Waals surface area contributed by atoms with Crippen molar-refractivity contribution in [1.29, 1.82) is 0 Å². The van der Waals surface area contributed by atoms with Crippen molar-refractivity contribution in [3.8, 4) is 0 Å². The standard InChI is InChI=1S/C13H22N2.C8H9Br.C4H12N2/c1-10-8-11(2)13(12(3)9-10)14-6-7-15(4)5;1-6-3-4-8(9)7(2)5-6;1-6(2)4-3-5/h8-9,14H,6-7H2,1-5H3;3-5H,1-2H3;3-5H2,1-2H3. The van der Waals surface area contributed by atoms with Gasteiger partial charge in [0.15, 0.2) is 0 Å². The van der Waals surface area contributed by atoms with E-state index in [0.29, 0.717) is 0 Å². The maximum absolute atomic E-state index is 5.19. The van der Waals surface area contributed by atoms with Gasteiger partial charge >= 0.3 is 0 Å². The zero-order valence-corrected chi connectivity index (χ0v) is 22.2. The van der Waals surface area contributed by atoms with E-state index in [1.165, 1.54) is 38.0 Å². The molecule has 3 N–H and O–H groups in total. The highest BCUT2D eigenvalue weighted by Crippen LogP contribution is 2.21. The number of hydrogen-bond donors (Lipinski definition) is 2. The number of nitrogens with two attached hydrogens (primary N) is 1. The van der Waals surface area contributed by atoms with Gasteiger partial charge in [-0.1, -0.05) is 51.3 Å². The molecule has 2 aromatic rings. The summed E-state index contributed by atoms with van der Waals surface area (Å²) in [5, 5.41) is 3.50. The minimum Gasteiger partial charge on any atom is -0.383 e. The maximum Gasteiger partial charge on any atom is 0.0400 e. The van der Waals surface area contributed by atoms with Crippen LogP contribution in [0.5, 0.6) is 0 Å². The molecule has 30 heavy (non-hydrogen) atoms. The van der Waals surface area contributed by atoms with Gasteiger partial charge in [-0.25, -0.2) is 0 Å². The average molecular weight is 480 g/mol. The zero-order chi connectivity index (χ0) is 23.3. The van der Waals surface area contributed by atoms with Crippen LogP contribution in [0.25, 0.3) is 0 Å². The van der Waals surface area contributed by atoms with Crippen molar-refractivity contribution in [2.24, 2.45) is 5.73 Å². The second-order valence-electron chi connectivity index (χ2n) is 8.35. The Bertz CT molecular complexity index is 719. The largest absolute Gasteiger partial charge is 0.383 e. The van der Waals surface area contributed by atoms with Gasteiger partial charge in [0, 0.05) is 36.3 Å². The van der Waals surface area contributed by atoms with Crippen LogP contribution in [0.3, 0.4) is 0 Å². The fourth-order valence-electron chi connectivity index (χ4n) is 2.92. The predicted molar refractivity (Wildman–Crippen MR) is 139 cm³/mol. The summed E-state index contributed by atoms with van der Waals surface area (Å²) in [5.74, 6) is 0. The number of aryl methyl sites for hydroxylation is 5. The summed E-state index contributed by atoms with van der Waals surface area (Å²) in [6.07, 6.45) is 0. The second-order valence-corrected chi connectivity index (χ2v) is 9.20. The molecule has 0 saturated carbocycles. The van der Waals surface area contributed by atoms with Crippen molar-refractivity contribution in [2.75, 3.05) is 59.7 Å². The van der Waals surface area contributed by atoms with Crippen molar-refractivity contribution in [1.82, 2.24) is 9.80 Å². The van der Waals surface area contributed by atoms with Gasteiger partial charge in [-0.3, -0.25) is 0 Å². The highest BCUT2D eigenvalue weighted by atomic mass is 79.9. The third-order valence-electron chi connectivity index (χ3n) is 4.43. The van der Waals surface area contributed by atoms with E-state index in [0.717, 1.165) is 26.2 Å². The third kappa shape index (κ3) is 13.0. The van der Waals surface area contributed by atoms with Crippen LogP contribution in [0.1, 0.15) is 27.8 Å². The lowest BCUT2D eigenvalue weighted by Crippen LogP contribution is -2.21. The molecule has 0 radical (unpaired) electrons. The Labute approximate surface area is 194 Å².